The first kappa shape index (κ1) is 22.6. The topological polar surface area (TPSA) is 120 Å². The molecule has 0 spiro atoms. The maximum Gasteiger partial charge on any atom is 0.257 e. The van der Waals surface area contributed by atoms with Crippen molar-refractivity contribution in [3.63, 3.8) is 0 Å². The molecule has 3 heterocycles. The van der Waals surface area contributed by atoms with E-state index in [1.165, 1.54) is 24.4 Å². The van der Waals surface area contributed by atoms with Gasteiger partial charge >= 0.3 is 0 Å². The molecule has 2 aliphatic heterocycles. The first-order valence-electron chi connectivity index (χ1n) is 9.92. The first-order chi connectivity index (χ1) is 15.0. The fourth-order valence-electron chi connectivity index (χ4n) is 4.01. The van der Waals surface area contributed by atoms with E-state index in [4.69, 9.17) is 4.78 Å². The Labute approximate surface area is 186 Å². The summed E-state index contributed by atoms with van der Waals surface area (Å²) in [5.41, 5.74) is 1.94. The third kappa shape index (κ3) is 4.90. The Bertz CT molecular complexity index is 1250. The molecule has 4 rings (SSSR count). The van der Waals surface area contributed by atoms with Gasteiger partial charge in [-0.05, 0) is 46.8 Å². The molecule has 0 bridgehead atoms. The SMILES string of the molecule is N=[S-](=O)c1cc(NC(=O)c2cc3c(cc2N2CCCC(F)(F)CC2)CS(=O)(=O)C3)ccn1. The van der Waals surface area contributed by atoms with Gasteiger partial charge in [-0.3, -0.25) is 9.78 Å². The zero-order valence-corrected chi connectivity index (χ0v) is 18.6. The number of sulfone groups is 1. The van der Waals surface area contributed by atoms with Crippen LogP contribution in [0.3, 0.4) is 0 Å². The minimum Gasteiger partial charge on any atom is -0.439 e. The number of nitrogens with one attached hydrogen (secondary N) is 2. The predicted molar refractivity (Wildman–Crippen MR) is 115 cm³/mol. The molecule has 8 nitrogen and oxygen atoms in total. The highest BCUT2D eigenvalue weighted by molar-refractivity contribution is 7.90. The van der Waals surface area contributed by atoms with Gasteiger partial charge in [0.05, 0.1) is 17.1 Å². The monoisotopic (exact) mass is 483 g/mol. The molecule has 0 unspecified atom stereocenters. The second-order valence-corrected chi connectivity index (χ2v) is 11.0. The van der Waals surface area contributed by atoms with Crippen LogP contribution in [0.25, 0.3) is 0 Å². The van der Waals surface area contributed by atoms with Crippen LogP contribution in [0.5, 0.6) is 0 Å². The van der Waals surface area contributed by atoms with Gasteiger partial charge in [0.2, 0.25) is 5.92 Å². The molecule has 2 aliphatic rings. The lowest BCUT2D eigenvalue weighted by molar-refractivity contribution is -0.0102. The van der Waals surface area contributed by atoms with Crippen LogP contribution in [-0.4, -0.2) is 38.3 Å². The van der Waals surface area contributed by atoms with Crippen molar-refractivity contribution in [3.05, 3.63) is 47.2 Å². The van der Waals surface area contributed by atoms with Gasteiger partial charge in [0, 0.05) is 43.5 Å². The van der Waals surface area contributed by atoms with Gasteiger partial charge in [-0.1, -0.05) is 0 Å². The van der Waals surface area contributed by atoms with Crippen molar-refractivity contribution in [1.82, 2.24) is 4.98 Å². The quantitative estimate of drug-likeness (QED) is 0.643. The van der Waals surface area contributed by atoms with Gasteiger partial charge < -0.3 is 19.2 Å². The molecule has 1 amide bonds. The molecule has 32 heavy (non-hydrogen) atoms. The summed E-state index contributed by atoms with van der Waals surface area (Å²) in [4.78, 5) is 18.7. The van der Waals surface area contributed by atoms with Gasteiger partial charge in [-0.25, -0.2) is 17.2 Å². The number of benzene rings is 1. The minimum atomic E-state index is -3.33. The van der Waals surface area contributed by atoms with Crippen LogP contribution in [0.1, 0.15) is 40.7 Å². The fraction of sp³-hybridized carbons (Fsp3) is 0.400. The van der Waals surface area contributed by atoms with E-state index < -0.39 is 32.3 Å². The number of nitrogens with zero attached hydrogens (tertiary/aromatic N) is 2. The Kier molecular flexibility index (Phi) is 5.93. The van der Waals surface area contributed by atoms with Gasteiger partial charge in [-0.2, -0.15) is 0 Å². The molecule has 2 aromatic rings. The smallest absolute Gasteiger partial charge is 0.257 e. The van der Waals surface area contributed by atoms with Crippen LogP contribution in [0.2, 0.25) is 0 Å². The summed E-state index contributed by atoms with van der Waals surface area (Å²) < 4.78 is 70.7. The molecule has 0 saturated carbocycles. The van der Waals surface area contributed by atoms with Crippen molar-refractivity contribution < 1.29 is 26.2 Å². The summed E-state index contributed by atoms with van der Waals surface area (Å²) in [6.45, 7) is 0.356. The number of hydrogen-bond acceptors (Lipinski definition) is 8. The number of alkyl halides is 2. The standard InChI is InChI=1S/C20H21F2N4O4S2/c21-20(22)3-1-6-26(7-4-20)17-9-14-12-32(29,30)11-13(14)8-16(17)19(27)25-15-2-5-24-18(10-15)31(23)28/h2,5,8-10,23H,1,3-4,6-7,11-12H2,(H,24,25,27)/q-1. The zero-order valence-electron chi connectivity index (χ0n) is 16.9. The van der Waals surface area contributed by atoms with E-state index >= 15 is 0 Å². The number of aromatic nitrogens is 1. The van der Waals surface area contributed by atoms with Gasteiger partial charge in [-0.15, -0.1) is 10.6 Å². The summed E-state index contributed by atoms with van der Waals surface area (Å²) in [6, 6.07) is 5.91. The third-order valence-electron chi connectivity index (χ3n) is 5.55. The minimum absolute atomic E-state index is 0.0298. The molecule has 12 heteroatoms. The third-order valence-corrected chi connectivity index (χ3v) is 7.66. The van der Waals surface area contributed by atoms with Crippen molar-refractivity contribution in [2.24, 2.45) is 0 Å². The Balaban J connectivity index is 1.71. The highest BCUT2D eigenvalue weighted by atomic mass is 32.2. The number of hydrogen-bond donors (Lipinski definition) is 2. The molecular formula is C20H21F2N4O4S2-. The predicted octanol–water partition coefficient (Wildman–Crippen LogP) is 3.47. The zero-order chi connectivity index (χ0) is 23.1. The molecule has 172 valence electrons. The van der Waals surface area contributed by atoms with Crippen LogP contribution >= 0.6 is 0 Å². The van der Waals surface area contributed by atoms with Crippen molar-refractivity contribution in [1.29, 1.82) is 4.78 Å². The summed E-state index contributed by atoms with van der Waals surface area (Å²) in [5.74, 6) is -3.67. The Hall–Kier alpha value is -2.60. The molecular weight excluding hydrogens is 462 g/mol. The number of carbonyl (C=O) groups is 1. The molecule has 1 fully saturated rings. The number of amides is 1. The van der Waals surface area contributed by atoms with E-state index in [0.717, 1.165) is 0 Å². The molecule has 2 N–H and O–H groups in total. The number of rotatable bonds is 4. The van der Waals surface area contributed by atoms with Crippen molar-refractivity contribution in [2.45, 2.75) is 41.7 Å². The van der Waals surface area contributed by atoms with E-state index in [1.807, 2.05) is 0 Å². The van der Waals surface area contributed by atoms with Crippen LogP contribution in [0.15, 0.2) is 35.5 Å². The van der Waals surface area contributed by atoms with E-state index in [2.05, 4.69) is 10.3 Å². The van der Waals surface area contributed by atoms with Gasteiger partial charge in [0.25, 0.3) is 5.91 Å². The lowest BCUT2D eigenvalue weighted by Crippen LogP contribution is -2.28. The molecule has 1 saturated heterocycles. The lowest BCUT2D eigenvalue weighted by atomic mass is 10.0. The first-order valence-corrected chi connectivity index (χ1v) is 12.9. The van der Waals surface area contributed by atoms with Gasteiger partial charge in [0.15, 0.2) is 9.84 Å². The molecule has 0 aliphatic carbocycles. The van der Waals surface area contributed by atoms with E-state index in [-0.39, 0.29) is 53.6 Å². The average Bonchev–Trinajstić information content (AvgIpc) is 2.90. The van der Waals surface area contributed by atoms with Crippen LogP contribution < -0.4 is 10.2 Å². The van der Waals surface area contributed by atoms with Crippen molar-refractivity contribution in [3.8, 4) is 0 Å². The van der Waals surface area contributed by atoms with E-state index in [0.29, 0.717) is 23.4 Å². The number of fused-ring (bicyclic) bond motifs is 1. The summed E-state index contributed by atoms with van der Waals surface area (Å²) >= 11 is 0. The Morgan fingerprint density at radius 2 is 1.88 bits per heavy atom. The molecule has 0 radical (unpaired) electrons. The van der Waals surface area contributed by atoms with Crippen LogP contribution in [0, 0.1) is 4.78 Å². The normalized spacial score (nSPS) is 19.4. The number of carbonyl (C=O) groups excluding carboxylic acids is 1. The van der Waals surface area contributed by atoms with Crippen molar-refractivity contribution >= 4 is 37.7 Å². The summed E-state index contributed by atoms with van der Waals surface area (Å²) in [5, 5.41) is 2.63. The Morgan fingerprint density at radius 3 is 2.59 bits per heavy atom. The largest absolute Gasteiger partial charge is 0.439 e. The highest BCUT2D eigenvalue weighted by Crippen LogP contribution is 2.36. The maximum atomic E-state index is 13.9. The molecule has 0 atom stereocenters. The fourth-order valence-corrected chi connectivity index (χ4v) is 5.98. The van der Waals surface area contributed by atoms with E-state index in [1.54, 1.807) is 11.0 Å². The number of pyridine rings is 1. The summed E-state index contributed by atoms with van der Waals surface area (Å²) in [7, 11) is -5.41. The Morgan fingerprint density at radius 1 is 1.16 bits per heavy atom. The highest BCUT2D eigenvalue weighted by Gasteiger charge is 2.34. The molecule has 1 aromatic heterocycles. The van der Waals surface area contributed by atoms with Crippen molar-refractivity contribution in [2.75, 3.05) is 23.3 Å². The van der Waals surface area contributed by atoms with Crippen LogP contribution in [0.4, 0.5) is 20.2 Å². The van der Waals surface area contributed by atoms with E-state index in [9.17, 15) is 26.2 Å². The summed E-state index contributed by atoms with van der Waals surface area (Å²) in [6.07, 6.45) is 0.956. The lowest BCUT2D eigenvalue weighted by Gasteiger charge is -2.26. The molecule has 1 aromatic carbocycles. The second kappa shape index (κ2) is 8.39. The number of anilines is 2. The number of halogens is 2. The van der Waals surface area contributed by atoms with Gasteiger partial charge in [0.1, 0.15) is 0 Å². The second-order valence-electron chi connectivity index (χ2n) is 7.97. The van der Waals surface area contributed by atoms with Crippen LogP contribution in [-0.2, 0) is 36.1 Å². The maximum absolute atomic E-state index is 13.9. The average molecular weight is 484 g/mol.